The van der Waals surface area contributed by atoms with Crippen molar-refractivity contribution in [1.82, 2.24) is 5.32 Å². The van der Waals surface area contributed by atoms with E-state index in [1.807, 2.05) is 0 Å². The van der Waals surface area contributed by atoms with Gasteiger partial charge in [-0.15, -0.1) is 0 Å². The third-order valence-corrected chi connectivity index (χ3v) is 2.39. The van der Waals surface area contributed by atoms with Crippen LogP contribution in [0.5, 0.6) is 0 Å². The summed E-state index contributed by atoms with van der Waals surface area (Å²) in [4.78, 5) is 0. The van der Waals surface area contributed by atoms with Gasteiger partial charge in [-0.1, -0.05) is 0 Å². The molecule has 1 aliphatic carbocycles. The van der Waals surface area contributed by atoms with Crippen molar-refractivity contribution in [2.24, 2.45) is 0 Å². The van der Waals surface area contributed by atoms with E-state index in [2.05, 4.69) is 5.32 Å². The van der Waals surface area contributed by atoms with Crippen LogP contribution in [0, 0.1) is 0 Å². The zero-order valence-corrected chi connectivity index (χ0v) is 6.15. The maximum atomic E-state index is 12.9. The molecule has 4 heteroatoms. The van der Waals surface area contributed by atoms with Crippen LogP contribution < -0.4 is 5.32 Å². The fourth-order valence-corrected chi connectivity index (χ4v) is 1.81. The molecule has 1 saturated carbocycles. The molecule has 0 aromatic heterocycles. The highest BCUT2D eigenvalue weighted by atomic mass is 19.3. The Morgan fingerprint density at radius 1 is 1.45 bits per heavy atom. The highest BCUT2D eigenvalue weighted by molar-refractivity contribution is 4.98. The summed E-state index contributed by atoms with van der Waals surface area (Å²) in [6, 6.07) is -0.726. The number of fused-ring (bicyclic) bond motifs is 1. The summed E-state index contributed by atoms with van der Waals surface area (Å²) in [5.41, 5.74) is 0. The zero-order chi connectivity index (χ0) is 7.90. The first-order valence-corrected chi connectivity index (χ1v) is 3.93. The van der Waals surface area contributed by atoms with Crippen LogP contribution in [0.15, 0.2) is 0 Å². The van der Waals surface area contributed by atoms with Gasteiger partial charge in [0.15, 0.2) is 0 Å². The predicted molar refractivity (Wildman–Crippen MR) is 35.7 cm³/mol. The van der Waals surface area contributed by atoms with Crippen LogP contribution >= 0.6 is 0 Å². The maximum absolute atomic E-state index is 12.9. The van der Waals surface area contributed by atoms with Crippen LogP contribution in [-0.2, 0) is 4.74 Å². The Bertz CT molecular complexity index is 163. The first kappa shape index (κ1) is 7.43. The van der Waals surface area contributed by atoms with Gasteiger partial charge in [0, 0.05) is 13.0 Å². The lowest BCUT2D eigenvalue weighted by Crippen LogP contribution is -2.52. The van der Waals surface area contributed by atoms with Crippen molar-refractivity contribution >= 4 is 0 Å². The van der Waals surface area contributed by atoms with Crippen molar-refractivity contribution in [1.29, 1.82) is 0 Å². The Balaban J connectivity index is 2.10. The van der Waals surface area contributed by atoms with Gasteiger partial charge in [-0.2, -0.15) is 0 Å². The fourth-order valence-electron chi connectivity index (χ4n) is 1.81. The molecule has 0 spiro atoms. The monoisotopic (exact) mass is 163 g/mol. The van der Waals surface area contributed by atoms with Gasteiger partial charge in [-0.05, 0) is 6.42 Å². The van der Waals surface area contributed by atoms with Crippen molar-refractivity contribution in [2.75, 3.05) is 13.2 Å². The van der Waals surface area contributed by atoms with Crippen LogP contribution in [0.2, 0.25) is 0 Å². The first-order chi connectivity index (χ1) is 5.20. The number of halogens is 2. The molecule has 0 radical (unpaired) electrons. The largest absolute Gasteiger partial charge is 0.375 e. The second-order valence-corrected chi connectivity index (χ2v) is 3.14. The molecule has 2 aliphatic rings. The van der Waals surface area contributed by atoms with Crippen LogP contribution in [0.3, 0.4) is 0 Å². The normalized spacial score (nSPS) is 42.0. The summed E-state index contributed by atoms with van der Waals surface area (Å²) < 4.78 is 31.1. The molecule has 0 unspecified atom stereocenters. The predicted octanol–water partition coefficient (Wildman–Crippen LogP) is 0.772. The van der Waals surface area contributed by atoms with Gasteiger partial charge in [0.2, 0.25) is 0 Å². The number of hydrogen-bond donors (Lipinski definition) is 1. The molecular weight excluding hydrogens is 152 g/mol. The molecule has 1 saturated heterocycles. The highest BCUT2D eigenvalue weighted by Crippen LogP contribution is 2.37. The molecular formula is C7H11F2NO. The number of nitrogens with one attached hydrogen (secondary N) is 1. The fraction of sp³-hybridized carbons (Fsp3) is 1.00. The lowest BCUT2D eigenvalue weighted by atomic mass is 10.1. The van der Waals surface area contributed by atoms with Crippen molar-refractivity contribution in [3.05, 3.63) is 0 Å². The average Bonchev–Trinajstić information content (AvgIpc) is 2.29. The molecule has 64 valence electrons. The summed E-state index contributed by atoms with van der Waals surface area (Å²) in [5, 5.41) is 2.80. The Morgan fingerprint density at radius 3 is 3.00 bits per heavy atom. The Labute approximate surface area is 63.9 Å². The molecule has 2 fully saturated rings. The summed E-state index contributed by atoms with van der Waals surface area (Å²) in [6.45, 7) is 1.12. The minimum Gasteiger partial charge on any atom is -0.375 e. The van der Waals surface area contributed by atoms with Gasteiger partial charge in [0.05, 0.1) is 18.8 Å². The SMILES string of the molecule is FC1(F)CC[C@@H]2OCCN[C@H]21. The van der Waals surface area contributed by atoms with Gasteiger partial charge in [0.1, 0.15) is 0 Å². The Morgan fingerprint density at radius 2 is 2.27 bits per heavy atom. The molecule has 1 heterocycles. The van der Waals surface area contributed by atoms with E-state index >= 15 is 0 Å². The lowest BCUT2D eigenvalue weighted by molar-refractivity contribution is -0.0723. The van der Waals surface area contributed by atoms with E-state index in [4.69, 9.17) is 4.74 Å². The van der Waals surface area contributed by atoms with Gasteiger partial charge < -0.3 is 10.1 Å². The summed E-state index contributed by atoms with van der Waals surface area (Å²) >= 11 is 0. The number of morpholine rings is 1. The molecule has 2 nitrogen and oxygen atoms in total. The molecule has 0 bridgehead atoms. The molecule has 1 aliphatic heterocycles. The molecule has 2 atom stereocenters. The van der Waals surface area contributed by atoms with Gasteiger partial charge in [-0.3, -0.25) is 0 Å². The zero-order valence-electron chi connectivity index (χ0n) is 6.15. The minimum absolute atomic E-state index is 0.0324. The molecule has 0 amide bonds. The second kappa shape index (κ2) is 2.38. The van der Waals surface area contributed by atoms with E-state index in [9.17, 15) is 8.78 Å². The second-order valence-electron chi connectivity index (χ2n) is 3.14. The number of ether oxygens (including phenoxy) is 1. The molecule has 0 aromatic rings. The number of hydrogen-bond acceptors (Lipinski definition) is 2. The van der Waals surface area contributed by atoms with Crippen molar-refractivity contribution in [3.8, 4) is 0 Å². The van der Waals surface area contributed by atoms with E-state index < -0.39 is 12.0 Å². The van der Waals surface area contributed by atoms with Gasteiger partial charge >= 0.3 is 0 Å². The van der Waals surface area contributed by atoms with Crippen molar-refractivity contribution in [2.45, 2.75) is 30.9 Å². The van der Waals surface area contributed by atoms with Gasteiger partial charge in [0.25, 0.3) is 5.92 Å². The molecule has 2 rings (SSSR count). The third kappa shape index (κ3) is 1.14. The maximum Gasteiger partial charge on any atom is 0.265 e. The van der Waals surface area contributed by atoms with Crippen LogP contribution in [0.25, 0.3) is 0 Å². The van der Waals surface area contributed by atoms with E-state index in [0.29, 0.717) is 19.6 Å². The average molecular weight is 163 g/mol. The van der Waals surface area contributed by atoms with Crippen LogP contribution in [-0.4, -0.2) is 31.2 Å². The lowest BCUT2D eigenvalue weighted by Gasteiger charge is -2.29. The summed E-state index contributed by atoms with van der Waals surface area (Å²) in [7, 11) is 0. The standard InChI is InChI=1S/C7H11F2NO/c8-7(9)2-1-5-6(7)10-3-4-11-5/h5-6,10H,1-4H2/t5-,6+/m0/s1. The van der Waals surface area contributed by atoms with Crippen molar-refractivity contribution < 1.29 is 13.5 Å². The quantitative estimate of drug-likeness (QED) is 0.569. The third-order valence-electron chi connectivity index (χ3n) is 2.39. The van der Waals surface area contributed by atoms with Crippen LogP contribution in [0.4, 0.5) is 8.78 Å². The number of rotatable bonds is 0. The van der Waals surface area contributed by atoms with Crippen molar-refractivity contribution in [3.63, 3.8) is 0 Å². The van der Waals surface area contributed by atoms with Crippen LogP contribution in [0.1, 0.15) is 12.8 Å². The summed E-state index contributed by atoms with van der Waals surface area (Å²) in [5.74, 6) is -2.55. The summed E-state index contributed by atoms with van der Waals surface area (Å²) in [6.07, 6.45) is 0.207. The van der Waals surface area contributed by atoms with E-state index in [-0.39, 0.29) is 12.5 Å². The minimum atomic E-state index is -2.55. The molecule has 11 heavy (non-hydrogen) atoms. The van der Waals surface area contributed by atoms with E-state index in [0.717, 1.165) is 0 Å². The highest BCUT2D eigenvalue weighted by Gasteiger charge is 2.51. The van der Waals surface area contributed by atoms with Gasteiger partial charge in [-0.25, -0.2) is 8.78 Å². The first-order valence-electron chi connectivity index (χ1n) is 3.93. The molecule has 1 N–H and O–H groups in total. The Hall–Kier alpha value is -0.220. The van der Waals surface area contributed by atoms with E-state index in [1.165, 1.54) is 0 Å². The molecule has 0 aromatic carbocycles. The smallest absolute Gasteiger partial charge is 0.265 e. The van der Waals surface area contributed by atoms with E-state index in [1.54, 1.807) is 0 Å². The number of alkyl halides is 2. The topological polar surface area (TPSA) is 21.3 Å². The Kier molecular flexibility index (Phi) is 1.61.